The maximum Gasteiger partial charge on any atom is 0.136 e. The van der Waals surface area contributed by atoms with Crippen molar-refractivity contribution in [2.75, 3.05) is 14.2 Å². The highest BCUT2D eigenvalue weighted by molar-refractivity contribution is 7.33. The van der Waals surface area contributed by atoms with Crippen LogP contribution in [0.4, 0.5) is 0 Å². The Morgan fingerprint density at radius 2 is 1.33 bits per heavy atom. The zero-order valence-corrected chi connectivity index (χ0v) is 13.2. The van der Waals surface area contributed by atoms with Crippen LogP contribution in [0.5, 0.6) is 0 Å². The zero-order valence-electron chi connectivity index (χ0n) is 11.2. The summed E-state index contributed by atoms with van der Waals surface area (Å²) in [5.41, 5.74) is 0. The fraction of sp³-hybridized carbons (Fsp3) is 1.00. The lowest BCUT2D eigenvalue weighted by atomic mass is 10.9. The van der Waals surface area contributed by atoms with Gasteiger partial charge in [0.15, 0.2) is 0 Å². The van der Waals surface area contributed by atoms with Gasteiger partial charge in [0.1, 0.15) is 14.2 Å². The highest BCUT2D eigenvalue weighted by atomic mass is 29.2. The van der Waals surface area contributed by atoms with Crippen molar-refractivity contribution in [2.45, 2.75) is 57.8 Å². The van der Waals surface area contributed by atoms with Crippen LogP contribution >= 0.6 is 0 Å². The fourth-order valence-electron chi connectivity index (χ4n) is 2.60. The Balaban J connectivity index is 4.86. The van der Waals surface area contributed by atoms with Crippen LogP contribution in [-0.2, 0) is 9.47 Å². The van der Waals surface area contributed by atoms with Crippen molar-refractivity contribution < 1.29 is 9.47 Å². The Hall–Kier alpha value is 0.354. The predicted molar refractivity (Wildman–Crippen MR) is 71.2 cm³/mol. The first-order valence-electron chi connectivity index (χ1n) is 6.07. The van der Waals surface area contributed by atoms with Gasteiger partial charge < -0.3 is 9.47 Å². The molecule has 0 aliphatic heterocycles. The molecule has 2 nitrogen and oxygen atoms in total. The van der Waals surface area contributed by atoms with Gasteiger partial charge in [-0.15, -0.1) is 0 Å². The smallest absolute Gasteiger partial charge is 0.136 e. The van der Waals surface area contributed by atoms with E-state index >= 15 is 0 Å². The highest BCUT2D eigenvalue weighted by Crippen LogP contribution is 2.28. The zero-order chi connectivity index (χ0) is 11.9. The number of ether oxygens (including phenoxy) is 2. The summed E-state index contributed by atoms with van der Waals surface area (Å²) in [5.74, 6) is 0.103. The molecule has 91 valence electrons. The lowest BCUT2D eigenvalue weighted by Crippen LogP contribution is -2.57. The normalized spacial score (nSPS) is 12.8. The number of rotatable bonds is 8. The van der Waals surface area contributed by atoms with Crippen molar-refractivity contribution >= 4 is 15.9 Å². The van der Waals surface area contributed by atoms with Gasteiger partial charge in [-0.25, -0.2) is 0 Å². The average Bonchev–Trinajstić information content (AvgIpc) is 2.30. The van der Waals surface area contributed by atoms with Gasteiger partial charge in [0.2, 0.25) is 0 Å². The van der Waals surface area contributed by atoms with E-state index in [1.165, 1.54) is 24.2 Å². The van der Waals surface area contributed by atoms with Gasteiger partial charge in [0, 0.05) is 14.2 Å². The van der Waals surface area contributed by atoms with E-state index in [2.05, 4.69) is 27.7 Å². The summed E-state index contributed by atoms with van der Waals surface area (Å²) >= 11 is 0. The second-order valence-corrected chi connectivity index (χ2v) is 16.0. The first-order chi connectivity index (χ1) is 7.15. The molecule has 0 fully saturated rings. The van der Waals surface area contributed by atoms with Gasteiger partial charge >= 0.3 is 0 Å². The minimum Gasteiger partial charge on any atom is -0.360 e. The maximum absolute atomic E-state index is 5.52. The number of hydrogen-bond acceptors (Lipinski definition) is 2. The molecule has 0 unspecified atom stereocenters. The summed E-state index contributed by atoms with van der Waals surface area (Å²) in [6.45, 7) is 9.40. The molecule has 0 spiro atoms. The van der Waals surface area contributed by atoms with E-state index in [0.717, 1.165) is 0 Å². The molecular formula is C11H27O2Si2. The molecule has 0 saturated heterocycles. The third-order valence-corrected chi connectivity index (χ3v) is 20.1. The first kappa shape index (κ1) is 15.4. The Labute approximate surface area is 97.8 Å². The maximum atomic E-state index is 5.52. The van der Waals surface area contributed by atoms with Crippen LogP contribution in [0.15, 0.2) is 0 Å². The average molecular weight is 248 g/mol. The molecule has 0 rings (SSSR count). The third kappa shape index (κ3) is 3.41. The summed E-state index contributed by atoms with van der Waals surface area (Å²) < 4.78 is 11.0. The molecule has 0 heterocycles. The summed E-state index contributed by atoms with van der Waals surface area (Å²) in [6, 6.07) is 5.42. The summed E-state index contributed by atoms with van der Waals surface area (Å²) in [4.78, 5) is 0. The second-order valence-electron chi connectivity index (χ2n) is 4.02. The number of methoxy groups -OCH3 is 2. The standard InChI is InChI=1S/C11H27O2Si2/c1-7-14(11(12-5)13-6)15(8-2,9-3)10-4/h11H,7-10H2,1-6H3. The van der Waals surface area contributed by atoms with E-state index in [-0.39, 0.29) is 5.91 Å². The molecule has 0 atom stereocenters. The quantitative estimate of drug-likeness (QED) is 0.484. The van der Waals surface area contributed by atoms with Crippen molar-refractivity contribution in [3.05, 3.63) is 0 Å². The molecule has 0 N–H and O–H groups in total. The van der Waals surface area contributed by atoms with Gasteiger partial charge in [-0.3, -0.25) is 0 Å². The third-order valence-electron chi connectivity index (χ3n) is 3.81. The van der Waals surface area contributed by atoms with Crippen LogP contribution in [0, 0.1) is 0 Å². The molecule has 0 aliphatic rings. The Morgan fingerprint density at radius 1 is 0.933 bits per heavy atom. The molecule has 0 saturated carbocycles. The monoisotopic (exact) mass is 247 g/mol. The van der Waals surface area contributed by atoms with Crippen LogP contribution in [-0.4, -0.2) is 36.0 Å². The van der Waals surface area contributed by atoms with Crippen LogP contribution in [0.2, 0.25) is 24.2 Å². The van der Waals surface area contributed by atoms with Gasteiger partial charge in [0.05, 0.1) is 7.59 Å². The molecule has 1 radical (unpaired) electrons. The largest absolute Gasteiger partial charge is 0.360 e. The molecule has 0 aromatic carbocycles. The van der Waals surface area contributed by atoms with E-state index < -0.39 is 15.9 Å². The molecular weight excluding hydrogens is 220 g/mol. The van der Waals surface area contributed by atoms with Crippen LogP contribution in [0.1, 0.15) is 27.7 Å². The lowest BCUT2D eigenvalue weighted by molar-refractivity contribution is -0.0456. The molecule has 0 bridgehead atoms. The number of hydrogen-bond donors (Lipinski definition) is 0. The van der Waals surface area contributed by atoms with E-state index in [1.54, 1.807) is 14.2 Å². The lowest BCUT2D eigenvalue weighted by Gasteiger charge is -2.38. The SMILES string of the molecule is CC[Si](C(OC)OC)[Si](CC)(CC)CC. The fourth-order valence-corrected chi connectivity index (χ4v) is 16.2. The van der Waals surface area contributed by atoms with E-state index in [1.807, 2.05) is 0 Å². The molecule has 0 amide bonds. The topological polar surface area (TPSA) is 18.5 Å². The Bertz CT molecular complexity index is 148. The second kappa shape index (κ2) is 7.60. The van der Waals surface area contributed by atoms with Crippen molar-refractivity contribution in [3.8, 4) is 0 Å². The molecule has 15 heavy (non-hydrogen) atoms. The van der Waals surface area contributed by atoms with Crippen LogP contribution in [0.3, 0.4) is 0 Å². The van der Waals surface area contributed by atoms with Crippen LogP contribution in [0.25, 0.3) is 0 Å². The Kier molecular flexibility index (Phi) is 7.78. The summed E-state index contributed by atoms with van der Waals surface area (Å²) in [6.07, 6.45) is 0. The van der Waals surface area contributed by atoms with Crippen LogP contribution < -0.4 is 0 Å². The molecule has 0 aromatic heterocycles. The highest BCUT2D eigenvalue weighted by Gasteiger charge is 2.41. The van der Waals surface area contributed by atoms with E-state index in [4.69, 9.17) is 9.47 Å². The minimum absolute atomic E-state index is 0.103. The summed E-state index contributed by atoms with van der Waals surface area (Å²) in [7, 11) is 1.99. The van der Waals surface area contributed by atoms with Crippen molar-refractivity contribution in [1.82, 2.24) is 0 Å². The summed E-state index contributed by atoms with van der Waals surface area (Å²) in [5, 5.41) is 0. The Morgan fingerprint density at radius 3 is 1.53 bits per heavy atom. The van der Waals surface area contributed by atoms with Gasteiger partial charge in [0.25, 0.3) is 0 Å². The van der Waals surface area contributed by atoms with Crippen molar-refractivity contribution in [1.29, 1.82) is 0 Å². The van der Waals surface area contributed by atoms with Crippen molar-refractivity contribution in [2.24, 2.45) is 0 Å². The van der Waals surface area contributed by atoms with E-state index in [9.17, 15) is 0 Å². The van der Waals surface area contributed by atoms with Gasteiger partial charge in [-0.1, -0.05) is 51.9 Å². The van der Waals surface area contributed by atoms with E-state index in [0.29, 0.717) is 0 Å². The first-order valence-corrected chi connectivity index (χ1v) is 11.5. The van der Waals surface area contributed by atoms with Gasteiger partial charge in [-0.2, -0.15) is 0 Å². The molecule has 4 heteroatoms. The minimum atomic E-state index is -1.10. The molecule has 0 aliphatic carbocycles. The van der Waals surface area contributed by atoms with Gasteiger partial charge in [-0.05, 0) is 0 Å². The van der Waals surface area contributed by atoms with Crippen molar-refractivity contribution in [3.63, 3.8) is 0 Å². The predicted octanol–water partition coefficient (Wildman–Crippen LogP) is 3.25. The molecule has 0 aromatic rings.